The zero-order valence-corrected chi connectivity index (χ0v) is 21.5. The van der Waals surface area contributed by atoms with E-state index in [0.717, 1.165) is 5.56 Å². The van der Waals surface area contributed by atoms with Crippen LogP contribution in [0.5, 0.6) is 11.5 Å². The van der Waals surface area contributed by atoms with E-state index in [1.165, 1.54) is 7.11 Å². The Labute approximate surface area is 215 Å². The maximum Gasteiger partial charge on any atom is 0.347 e. The highest BCUT2D eigenvalue weighted by Gasteiger charge is 2.32. The first-order valence-electron chi connectivity index (χ1n) is 11.1. The normalized spacial score (nSPS) is 16.0. The number of carbonyl (C=O) groups excluding carboxylic acids is 2. The van der Waals surface area contributed by atoms with E-state index >= 15 is 0 Å². The Morgan fingerprint density at radius 1 is 1.20 bits per heavy atom. The first-order chi connectivity index (χ1) is 16.7. The Morgan fingerprint density at radius 3 is 2.57 bits per heavy atom. The van der Waals surface area contributed by atoms with Crippen LogP contribution in [-0.2, 0) is 20.9 Å². The molecule has 0 aromatic heterocycles. The van der Waals surface area contributed by atoms with Crippen molar-refractivity contribution in [3.05, 3.63) is 69.9 Å². The summed E-state index contributed by atoms with van der Waals surface area (Å²) >= 11 is 12.0. The van der Waals surface area contributed by atoms with Gasteiger partial charge >= 0.3 is 5.97 Å². The molecule has 3 rings (SSSR count). The summed E-state index contributed by atoms with van der Waals surface area (Å²) in [5.41, 5.74) is 2.58. The van der Waals surface area contributed by atoms with Crippen molar-refractivity contribution in [3.8, 4) is 11.5 Å². The highest BCUT2D eigenvalue weighted by molar-refractivity contribution is 7.80. The lowest BCUT2D eigenvalue weighted by molar-refractivity contribution is -0.150. The summed E-state index contributed by atoms with van der Waals surface area (Å²) < 4.78 is 16.2. The minimum absolute atomic E-state index is 0.242. The average Bonchev–Trinajstić information content (AvgIpc) is 2.83. The van der Waals surface area contributed by atoms with Crippen LogP contribution >= 0.6 is 23.8 Å². The van der Waals surface area contributed by atoms with Gasteiger partial charge < -0.3 is 30.2 Å². The van der Waals surface area contributed by atoms with E-state index in [2.05, 4.69) is 16.0 Å². The summed E-state index contributed by atoms with van der Waals surface area (Å²) in [6.07, 6.45) is -0.864. The molecule has 1 aliphatic heterocycles. The Bertz CT molecular complexity index is 1140. The van der Waals surface area contributed by atoms with Crippen LogP contribution in [0.4, 0.5) is 0 Å². The number of thiocarbonyl (C=S) groups is 1. The van der Waals surface area contributed by atoms with E-state index in [-0.39, 0.29) is 18.3 Å². The van der Waals surface area contributed by atoms with Gasteiger partial charge in [0, 0.05) is 23.9 Å². The van der Waals surface area contributed by atoms with Crippen LogP contribution in [0.15, 0.2) is 53.7 Å². The van der Waals surface area contributed by atoms with Gasteiger partial charge in [0.2, 0.25) is 0 Å². The fraction of sp³-hybridized carbons (Fsp3) is 0.320. The van der Waals surface area contributed by atoms with Crippen molar-refractivity contribution in [1.29, 1.82) is 0 Å². The molecule has 0 saturated heterocycles. The van der Waals surface area contributed by atoms with Gasteiger partial charge in [-0.15, -0.1) is 0 Å². The minimum Gasteiger partial charge on any atom is -0.493 e. The van der Waals surface area contributed by atoms with Gasteiger partial charge in [-0.05, 0) is 44.6 Å². The number of amides is 1. The molecule has 1 amide bonds. The molecule has 0 unspecified atom stereocenters. The number of benzene rings is 2. The quantitative estimate of drug-likeness (QED) is 0.341. The first-order valence-corrected chi connectivity index (χ1v) is 11.8. The molecule has 10 heteroatoms. The summed E-state index contributed by atoms with van der Waals surface area (Å²) in [6.45, 7) is 5.68. The second kappa shape index (κ2) is 11.9. The molecule has 3 N–H and O–H groups in total. The number of rotatable bonds is 9. The third-order valence-corrected chi connectivity index (χ3v) is 5.87. The van der Waals surface area contributed by atoms with Gasteiger partial charge in [0.1, 0.15) is 0 Å². The number of carbonyl (C=O) groups is 2. The molecule has 2 aromatic carbocycles. The van der Waals surface area contributed by atoms with Crippen LogP contribution in [0.3, 0.4) is 0 Å². The van der Waals surface area contributed by atoms with Crippen molar-refractivity contribution in [2.45, 2.75) is 39.5 Å². The van der Waals surface area contributed by atoms with E-state index in [1.807, 2.05) is 30.3 Å². The molecule has 0 spiro atoms. The smallest absolute Gasteiger partial charge is 0.347 e. The molecule has 186 valence electrons. The molecule has 0 bridgehead atoms. The van der Waals surface area contributed by atoms with Gasteiger partial charge in [-0.2, -0.15) is 0 Å². The fourth-order valence-corrected chi connectivity index (χ4v) is 4.16. The monoisotopic (exact) mass is 517 g/mol. The molecule has 1 aliphatic rings. The summed E-state index contributed by atoms with van der Waals surface area (Å²) in [5, 5.41) is 9.75. The zero-order chi connectivity index (χ0) is 25.5. The highest BCUT2D eigenvalue weighted by atomic mass is 35.5. The van der Waals surface area contributed by atoms with Crippen LogP contribution in [0.1, 0.15) is 37.9 Å². The van der Waals surface area contributed by atoms with Crippen molar-refractivity contribution >= 4 is 40.8 Å². The van der Waals surface area contributed by atoms with Gasteiger partial charge in [0.25, 0.3) is 5.91 Å². The second-order valence-electron chi connectivity index (χ2n) is 7.78. The number of hydrogen-bond donors (Lipinski definition) is 3. The molecule has 2 atom stereocenters. The topological polar surface area (TPSA) is 97.9 Å². The molecular formula is C25H28ClN3O5S. The predicted molar refractivity (Wildman–Crippen MR) is 137 cm³/mol. The molecule has 1 heterocycles. The lowest BCUT2D eigenvalue weighted by Gasteiger charge is -2.31. The first kappa shape index (κ1) is 26.3. The second-order valence-corrected chi connectivity index (χ2v) is 8.59. The van der Waals surface area contributed by atoms with Crippen LogP contribution in [0.2, 0.25) is 5.02 Å². The van der Waals surface area contributed by atoms with Gasteiger partial charge in [0.05, 0.1) is 30.4 Å². The van der Waals surface area contributed by atoms with E-state index in [4.69, 9.17) is 38.0 Å². The van der Waals surface area contributed by atoms with Crippen molar-refractivity contribution in [3.63, 3.8) is 0 Å². The van der Waals surface area contributed by atoms with Gasteiger partial charge in [-0.25, -0.2) is 4.79 Å². The van der Waals surface area contributed by atoms with Crippen LogP contribution < -0.4 is 25.4 Å². The van der Waals surface area contributed by atoms with Crippen molar-refractivity contribution in [2.24, 2.45) is 0 Å². The SMILES string of the molecule is CCOC(=O)[C@H](C)Oc1cc(Cl)c([C@H]2NC(=S)NC(C)=C2C(=O)NCc2ccccc2)cc1OC. The maximum absolute atomic E-state index is 13.2. The zero-order valence-electron chi connectivity index (χ0n) is 19.9. The molecule has 0 radical (unpaired) electrons. The minimum atomic E-state index is -0.864. The number of allylic oxidation sites excluding steroid dienone is 1. The molecule has 0 saturated carbocycles. The summed E-state index contributed by atoms with van der Waals surface area (Å²) in [5.74, 6) is -0.163. The largest absolute Gasteiger partial charge is 0.493 e. The summed E-state index contributed by atoms with van der Waals surface area (Å²) in [6, 6.07) is 12.2. The third kappa shape index (κ3) is 6.43. The van der Waals surface area contributed by atoms with E-state index < -0.39 is 18.1 Å². The third-order valence-electron chi connectivity index (χ3n) is 5.33. The van der Waals surface area contributed by atoms with Gasteiger partial charge in [-0.3, -0.25) is 4.79 Å². The van der Waals surface area contributed by atoms with Crippen molar-refractivity contribution in [1.82, 2.24) is 16.0 Å². The molecule has 8 nitrogen and oxygen atoms in total. The predicted octanol–water partition coefficient (Wildman–Crippen LogP) is 3.79. The number of ether oxygens (including phenoxy) is 3. The molecular weight excluding hydrogens is 490 g/mol. The number of halogens is 1. The lowest BCUT2D eigenvalue weighted by atomic mass is 9.94. The number of esters is 1. The summed E-state index contributed by atoms with van der Waals surface area (Å²) in [4.78, 5) is 25.2. The average molecular weight is 518 g/mol. The van der Waals surface area contributed by atoms with E-state index in [9.17, 15) is 9.59 Å². The van der Waals surface area contributed by atoms with Gasteiger partial charge in [0.15, 0.2) is 22.7 Å². The van der Waals surface area contributed by atoms with E-state index in [1.54, 1.807) is 32.9 Å². The number of nitrogens with one attached hydrogen (secondary N) is 3. The molecule has 35 heavy (non-hydrogen) atoms. The molecule has 2 aromatic rings. The Hall–Kier alpha value is -3.30. The molecule has 0 aliphatic carbocycles. The highest BCUT2D eigenvalue weighted by Crippen LogP contribution is 2.39. The number of hydrogen-bond acceptors (Lipinski definition) is 6. The summed E-state index contributed by atoms with van der Waals surface area (Å²) in [7, 11) is 1.48. The molecule has 0 fully saturated rings. The van der Waals surface area contributed by atoms with Crippen molar-refractivity contribution in [2.75, 3.05) is 13.7 Å². The van der Waals surface area contributed by atoms with Crippen LogP contribution in [0, 0.1) is 0 Å². The fourth-order valence-electron chi connectivity index (χ4n) is 3.62. The van der Waals surface area contributed by atoms with Gasteiger partial charge in [-0.1, -0.05) is 41.9 Å². The van der Waals surface area contributed by atoms with Crippen molar-refractivity contribution < 1.29 is 23.8 Å². The number of methoxy groups -OCH3 is 1. The Balaban J connectivity index is 1.91. The standard InChI is InChI=1S/C25H28ClN3O5S/c1-5-33-24(31)15(3)34-20-12-18(26)17(11-19(20)32-4)22-21(14(2)28-25(35)29-22)23(30)27-13-16-9-7-6-8-10-16/h6-12,15,22H,5,13H2,1-4H3,(H,27,30)(H2,28,29,35)/t15-,22+/m0/s1. The van der Waals surface area contributed by atoms with E-state index in [0.29, 0.717) is 39.3 Å². The maximum atomic E-state index is 13.2. The van der Waals surface area contributed by atoms with Crippen LogP contribution in [-0.4, -0.2) is 36.8 Å². The van der Waals surface area contributed by atoms with Crippen LogP contribution in [0.25, 0.3) is 0 Å². The lowest BCUT2D eigenvalue weighted by Crippen LogP contribution is -2.46. The Kier molecular flexibility index (Phi) is 8.95. The Morgan fingerprint density at radius 2 is 1.91 bits per heavy atom.